The Morgan fingerprint density at radius 1 is 1.00 bits per heavy atom. The molecule has 2 fully saturated rings. The summed E-state index contributed by atoms with van der Waals surface area (Å²) in [4.78, 5) is 31.9. The summed E-state index contributed by atoms with van der Waals surface area (Å²) in [5.74, 6) is -0.233. The third-order valence-corrected chi connectivity index (χ3v) is 6.76. The van der Waals surface area contributed by atoms with Crippen LogP contribution in [0.3, 0.4) is 0 Å². The second kappa shape index (κ2) is 5.66. The number of pyridine rings is 1. The summed E-state index contributed by atoms with van der Waals surface area (Å²) in [6, 6.07) is 18.3. The average Bonchev–Trinajstić information content (AvgIpc) is 3.39. The molecule has 1 saturated carbocycles. The summed E-state index contributed by atoms with van der Waals surface area (Å²) < 4.78 is 5.76. The number of fused-ring (bicyclic) bond motifs is 3. The van der Waals surface area contributed by atoms with Crippen molar-refractivity contribution in [2.24, 2.45) is 0 Å². The lowest BCUT2D eigenvalue weighted by molar-refractivity contribution is -0.134. The van der Waals surface area contributed by atoms with E-state index in [4.69, 9.17) is 4.74 Å². The number of carbonyl (C=O) groups is 2. The van der Waals surface area contributed by atoms with Crippen molar-refractivity contribution in [2.45, 2.75) is 30.3 Å². The van der Waals surface area contributed by atoms with E-state index in [0.717, 1.165) is 29.4 Å². The molecule has 6 rings (SSSR count). The number of benzene rings is 2. The van der Waals surface area contributed by atoms with E-state index in [2.05, 4.69) is 35.3 Å². The quantitative estimate of drug-likeness (QED) is 0.634. The third kappa shape index (κ3) is 2.30. The van der Waals surface area contributed by atoms with Crippen LogP contribution < -0.4 is 0 Å². The van der Waals surface area contributed by atoms with Crippen LogP contribution in [-0.2, 0) is 20.5 Å². The van der Waals surface area contributed by atoms with Crippen LogP contribution in [0.15, 0.2) is 60.8 Å². The summed E-state index contributed by atoms with van der Waals surface area (Å²) in [5.41, 5.74) is 1.12. The Morgan fingerprint density at radius 3 is 2.66 bits per heavy atom. The molecule has 2 aromatic carbocycles. The zero-order chi connectivity index (χ0) is 19.6. The SMILES string of the molecule is O=C1OC2(CCN(C(=O)C3(c4ccc5ccccc5c4)CC3)C2)c2cccnc21. The van der Waals surface area contributed by atoms with Gasteiger partial charge in [-0.05, 0) is 35.2 Å². The molecule has 0 bridgehead atoms. The lowest BCUT2D eigenvalue weighted by Gasteiger charge is -2.26. The highest BCUT2D eigenvalue weighted by molar-refractivity contribution is 5.95. The molecule has 1 unspecified atom stereocenters. The first-order chi connectivity index (χ1) is 14.1. The molecule has 1 aliphatic carbocycles. The smallest absolute Gasteiger partial charge is 0.358 e. The van der Waals surface area contributed by atoms with Gasteiger partial charge >= 0.3 is 5.97 Å². The van der Waals surface area contributed by atoms with Crippen LogP contribution in [0.2, 0.25) is 0 Å². The third-order valence-electron chi connectivity index (χ3n) is 6.76. The first-order valence-electron chi connectivity index (χ1n) is 10.1. The lowest BCUT2D eigenvalue weighted by Crippen LogP contribution is -2.40. The zero-order valence-electron chi connectivity index (χ0n) is 15.9. The molecule has 1 aromatic heterocycles. The Balaban J connectivity index is 1.31. The predicted octanol–water partition coefficient (Wildman–Crippen LogP) is 3.56. The first kappa shape index (κ1) is 16.7. The van der Waals surface area contributed by atoms with Gasteiger partial charge < -0.3 is 9.64 Å². The Kier molecular flexibility index (Phi) is 3.26. The van der Waals surface area contributed by atoms with E-state index in [-0.39, 0.29) is 11.9 Å². The second-order valence-corrected chi connectivity index (χ2v) is 8.40. The molecule has 29 heavy (non-hydrogen) atoms. The maximum atomic E-state index is 13.6. The maximum Gasteiger partial charge on any atom is 0.358 e. The van der Waals surface area contributed by atoms with Crippen LogP contribution in [0.4, 0.5) is 0 Å². The van der Waals surface area contributed by atoms with E-state index < -0.39 is 11.0 Å². The van der Waals surface area contributed by atoms with Crippen LogP contribution in [0.25, 0.3) is 10.8 Å². The fourth-order valence-electron chi connectivity index (χ4n) is 5.02. The fraction of sp³-hybridized carbons (Fsp3) is 0.292. The van der Waals surface area contributed by atoms with Gasteiger partial charge in [0, 0.05) is 24.7 Å². The van der Waals surface area contributed by atoms with Gasteiger partial charge in [0.1, 0.15) is 0 Å². The fourth-order valence-corrected chi connectivity index (χ4v) is 5.02. The molecule has 5 nitrogen and oxygen atoms in total. The van der Waals surface area contributed by atoms with Crippen molar-refractivity contribution in [3.8, 4) is 0 Å². The summed E-state index contributed by atoms with van der Waals surface area (Å²) in [7, 11) is 0. The number of hydrogen-bond donors (Lipinski definition) is 0. The molecule has 3 aliphatic rings. The van der Waals surface area contributed by atoms with Gasteiger partial charge in [-0.2, -0.15) is 0 Å². The van der Waals surface area contributed by atoms with Crippen molar-refractivity contribution in [1.29, 1.82) is 0 Å². The van der Waals surface area contributed by atoms with Crippen molar-refractivity contribution >= 4 is 22.6 Å². The standard InChI is InChI=1S/C24H20N2O3/c27-21-20-19(6-3-12-25-20)24(29-21)11-13-26(15-24)22(28)23(9-10-23)18-8-7-16-4-1-2-5-17(16)14-18/h1-8,12,14H,9-11,13,15H2. The number of nitrogens with zero attached hydrogens (tertiary/aromatic N) is 2. The van der Waals surface area contributed by atoms with Crippen LogP contribution in [0.5, 0.6) is 0 Å². The van der Waals surface area contributed by atoms with Gasteiger partial charge in [-0.15, -0.1) is 0 Å². The number of likely N-dealkylation sites (tertiary alicyclic amines) is 1. The molecular weight excluding hydrogens is 364 g/mol. The van der Waals surface area contributed by atoms with Crippen molar-refractivity contribution in [1.82, 2.24) is 9.88 Å². The lowest BCUT2D eigenvalue weighted by atomic mass is 9.91. The van der Waals surface area contributed by atoms with Crippen LogP contribution in [-0.4, -0.2) is 34.8 Å². The maximum absolute atomic E-state index is 13.6. The number of esters is 1. The average molecular weight is 384 g/mol. The van der Waals surface area contributed by atoms with Gasteiger partial charge in [0.2, 0.25) is 5.91 Å². The van der Waals surface area contributed by atoms with Gasteiger partial charge in [-0.3, -0.25) is 4.79 Å². The normalized spacial score (nSPS) is 24.0. The molecule has 1 saturated heterocycles. The van der Waals surface area contributed by atoms with E-state index in [1.54, 1.807) is 6.20 Å². The molecular formula is C24H20N2O3. The van der Waals surface area contributed by atoms with Gasteiger partial charge in [-0.25, -0.2) is 9.78 Å². The van der Waals surface area contributed by atoms with E-state index in [0.29, 0.717) is 25.2 Å². The number of ether oxygens (including phenoxy) is 1. The molecule has 1 spiro atoms. The van der Waals surface area contributed by atoms with Gasteiger partial charge in [0.15, 0.2) is 11.3 Å². The first-order valence-corrected chi connectivity index (χ1v) is 10.1. The van der Waals surface area contributed by atoms with E-state index in [9.17, 15) is 9.59 Å². The molecule has 1 atom stereocenters. The molecule has 2 aliphatic heterocycles. The highest BCUT2D eigenvalue weighted by Gasteiger charge is 2.58. The van der Waals surface area contributed by atoms with Gasteiger partial charge in [0.25, 0.3) is 0 Å². The Hall–Kier alpha value is -3.21. The molecule has 0 radical (unpaired) electrons. The summed E-state index contributed by atoms with van der Waals surface area (Å²) in [5, 5.41) is 2.34. The van der Waals surface area contributed by atoms with Crippen LogP contribution >= 0.6 is 0 Å². The summed E-state index contributed by atoms with van der Waals surface area (Å²) >= 11 is 0. The van der Waals surface area contributed by atoms with Crippen molar-refractivity contribution in [3.05, 3.63) is 77.6 Å². The monoisotopic (exact) mass is 384 g/mol. The Bertz CT molecular complexity index is 1180. The summed E-state index contributed by atoms with van der Waals surface area (Å²) in [6.45, 7) is 1.00. The van der Waals surface area contributed by atoms with Crippen LogP contribution in [0.1, 0.15) is 40.9 Å². The van der Waals surface area contributed by atoms with E-state index >= 15 is 0 Å². The number of carbonyl (C=O) groups excluding carboxylic acids is 2. The minimum Gasteiger partial charge on any atom is -0.447 e. The largest absolute Gasteiger partial charge is 0.447 e. The van der Waals surface area contributed by atoms with E-state index in [1.165, 1.54) is 5.39 Å². The predicted molar refractivity (Wildman–Crippen MR) is 107 cm³/mol. The molecule has 5 heteroatoms. The Morgan fingerprint density at radius 2 is 1.83 bits per heavy atom. The van der Waals surface area contributed by atoms with Crippen molar-refractivity contribution in [2.75, 3.05) is 13.1 Å². The van der Waals surface area contributed by atoms with E-state index in [1.807, 2.05) is 29.2 Å². The number of amides is 1. The Labute approximate surface area is 168 Å². The van der Waals surface area contributed by atoms with Gasteiger partial charge in [-0.1, -0.05) is 48.5 Å². The molecule has 3 aromatic rings. The molecule has 144 valence electrons. The van der Waals surface area contributed by atoms with Gasteiger partial charge in [0.05, 0.1) is 12.0 Å². The highest BCUT2D eigenvalue weighted by atomic mass is 16.6. The topological polar surface area (TPSA) is 59.5 Å². The van der Waals surface area contributed by atoms with Crippen LogP contribution in [0, 0.1) is 0 Å². The second-order valence-electron chi connectivity index (χ2n) is 8.40. The van der Waals surface area contributed by atoms with Crippen molar-refractivity contribution < 1.29 is 14.3 Å². The molecule has 3 heterocycles. The number of aromatic nitrogens is 1. The summed E-state index contributed by atoms with van der Waals surface area (Å²) in [6.07, 6.45) is 3.96. The highest BCUT2D eigenvalue weighted by Crippen LogP contribution is 2.52. The zero-order valence-corrected chi connectivity index (χ0v) is 15.9. The molecule has 1 amide bonds. The van der Waals surface area contributed by atoms with Crippen molar-refractivity contribution in [3.63, 3.8) is 0 Å². The number of rotatable bonds is 2. The minimum atomic E-state index is -0.740. The minimum absolute atomic E-state index is 0.151. The number of hydrogen-bond acceptors (Lipinski definition) is 4. The molecule has 0 N–H and O–H groups in total.